The number of hydrogen-bond donors (Lipinski definition) is 1. The van der Waals surface area contributed by atoms with E-state index >= 15 is 0 Å². The number of carbonyl (C=O) groups excluding carboxylic acids is 1. The summed E-state index contributed by atoms with van der Waals surface area (Å²) < 4.78 is 43.1. The molecule has 0 spiro atoms. The zero-order valence-corrected chi connectivity index (χ0v) is 20.5. The Morgan fingerprint density at radius 1 is 1.03 bits per heavy atom. The van der Waals surface area contributed by atoms with Crippen molar-refractivity contribution >= 4 is 12.1 Å². The number of carboxylic acid groups (broad SMARTS) is 1. The molecule has 9 heteroatoms. The van der Waals surface area contributed by atoms with Gasteiger partial charge in [-0.2, -0.15) is 0 Å². The first kappa shape index (κ1) is 27.4. The Bertz CT molecular complexity index is 994. The van der Waals surface area contributed by atoms with Crippen LogP contribution < -0.4 is 9.47 Å². The molecule has 2 aromatic carbocycles. The number of carboxylic acids is 1. The zero-order chi connectivity index (χ0) is 25.9. The normalized spacial score (nSPS) is 14.8. The third-order valence-corrected chi connectivity index (χ3v) is 6.18. The molecule has 36 heavy (non-hydrogen) atoms. The van der Waals surface area contributed by atoms with Gasteiger partial charge in [0.15, 0.2) is 17.7 Å². The largest absolute Gasteiger partial charge is 0.492 e. The van der Waals surface area contributed by atoms with Gasteiger partial charge in [-0.15, -0.1) is 0 Å². The topological polar surface area (TPSA) is 85.3 Å². The number of rotatable bonds is 12. The Kier molecular flexibility index (Phi) is 10.5. The average molecular weight is 506 g/mol. The van der Waals surface area contributed by atoms with Crippen LogP contribution in [0.15, 0.2) is 42.5 Å². The van der Waals surface area contributed by atoms with Crippen LogP contribution >= 0.6 is 0 Å². The van der Waals surface area contributed by atoms with Crippen molar-refractivity contribution in [1.82, 2.24) is 4.90 Å². The van der Waals surface area contributed by atoms with Gasteiger partial charge in [0, 0.05) is 25.6 Å². The number of halogens is 2. The van der Waals surface area contributed by atoms with Crippen molar-refractivity contribution in [3.63, 3.8) is 0 Å². The van der Waals surface area contributed by atoms with Crippen molar-refractivity contribution in [1.29, 1.82) is 0 Å². The summed E-state index contributed by atoms with van der Waals surface area (Å²) in [4.78, 5) is 25.7. The smallest absolute Gasteiger partial charge is 0.415 e. The fourth-order valence-electron chi connectivity index (χ4n) is 4.27. The van der Waals surface area contributed by atoms with Crippen molar-refractivity contribution in [3.05, 3.63) is 59.7 Å². The molecular formula is C27H33F2NO6. The number of hydrogen-bond acceptors (Lipinski definition) is 5. The molecule has 3 rings (SSSR count). The molecule has 0 aliphatic heterocycles. The van der Waals surface area contributed by atoms with Crippen LogP contribution in [0.3, 0.4) is 0 Å². The van der Waals surface area contributed by atoms with Crippen molar-refractivity contribution in [2.45, 2.75) is 51.6 Å². The quantitative estimate of drug-likeness (QED) is 0.413. The molecule has 0 bridgehead atoms. The lowest BCUT2D eigenvalue weighted by molar-refractivity contribution is -0.149. The lowest BCUT2D eigenvalue weighted by Crippen LogP contribution is -2.40. The monoisotopic (exact) mass is 505 g/mol. The first-order chi connectivity index (χ1) is 17.4. The molecule has 1 N–H and O–H groups in total. The molecule has 1 aliphatic carbocycles. The fraction of sp³-hybridized carbons (Fsp3) is 0.481. The molecule has 1 amide bonds. The maximum Gasteiger partial charge on any atom is 0.415 e. The highest BCUT2D eigenvalue weighted by Crippen LogP contribution is 2.25. The second-order valence-corrected chi connectivity index (χ2v) is 8.87. The molecule has 1 saturated carbocycles. The van der Waals surface area contributed by atoms with Crippen molar-refractivity contribution in [2.75, 3.05) is 26.3 Å². The fourth-order valence-corrected chi connectivity index (χ4v) is 4.27. The van der Waals surface area contributed by atoms with Gasteiger partial charge in [0.1, 0.15) is 18.1 Å². The molecule has 0 aromatic heterocycles. The van der Waals surface area contributed by atoms with Gasteiger partial charge in [-0.25, -0.2) is 18.4 Å². The summed E-state index contributed by atoms with van der Waals surface area (Å²) in [5.41, 5.74) is 0.803. The summed E-state index contributed by atoms with van der Waals surface area (Å²) in [6.45, 7) is 3.02. The van der Waals surface area contributed by atoms with E-state index in [0.29, 0.717) is 24.8 Å². The number of ether oxygens (including phenoxy) is 3. The van der Waals surface area contributed by atoms with Crippen LogP contribution in [0.5, 0.6) is 11.5 Å². The Morgan fingerprint density at radius 3 is 2.36 bits per heavy atom. The van der Waals surface area contributed by atoms with Gasteiger partial charge >= 0.3 is 12.1 Å². The van der Waals surface area contributed by atoms with E-state index in [9.17, 15) is 23.5 Å². The predicted molar refractivity (Wildman–Crippen MR) is 129 cm³/mol. The number of benzene rings is 2. The second-order valence-electron chi connectivity index (χ2n) is 8.87. The minimum atomic E-state index is -1.08. The molecule has 196 valence electrons. The Balaban J connectivity index is 1.57. The van der Waals surface area contributed by atoms with Crippen LogP contribution in [-0.4, -0.2) is 54.5 Å². The first-order valence-corrected chi connectivity index (χ1v) is 12.3. The highest BCUT2D eigenvalue weighted by atomic mass is 19.2. The van der Waals surface area contributed by atoms with E-state index < -0.39 is 29.8 Å². The third-order valence-electron chi connectivity index (χ3n) is 6.18. The predicted octanol–water partition coefficient (Wildman–Crippen LogP) is 5.46. The van der Waals surface area contributed by atoms with Crippen LogP contribution in [0.4, 0.5) is 13.6 Å². The van der Waals surface area contributed by atoms with Crippen LogP contribution in [0.25, 0.3) is 0 Å². The zero-order valence-electron chi connectivity index (χ0n) is 20.5. The minimum absolute atomic E-state index is 0.0595. The highest BCUT2D eigenvalue weighted by molar-refractivity contribution is 5.72. The SMILES string of the molecule is CCOC(Cc1ccc(OCCN(CC2CCCCC2)C(=O)Oc2ccc(F)c(F)c2)cc1)C(=O)O. The van der Waals surface area contributed by atoms with E-state index in [2.05, 4.69) is 0 Å². The molecule has 0 saturated heterocycles. The van der Waals surface area contributed by atoms with E-state index in [0.717, 1.165) is 43.4 Å². The molecule has 0 radical (unpaired) electrons. The van der Waals surface area contributed by atoms with Crippen molar-refractivity contribution in [2.24, 2.45) is 5.92 Å². The van der Waals surface area contributed by atoms with Gasteiger partial charge in [-0.1, -0.05) is 31.4 Å². The van der Waals surface area contributed by atoms with E-state index in [-0.39, 0.29) is 25.3 Å². The Hall–Kier alpha value is -3.20. The van der Waals surface area contributed by atoms with Gasteiger partial charge in [-0.05, 0) is 55.5 Å². The van der Waals surface area contributed by atoms with E-state index in [4.69, 9.17) is 14.2 Å². The molecular weight excluding hydrogens is 472 g/mol. The van der Waals surface area contributed by atoms with Crippen LogP contribution in [0.2, 0.25) is 0 Å². The van der Waals surface area contributed by atoms with Crippen LogP contribution in [0, 0.1) is 17.6 Å². The minimum Gasteiger partial charge on any atom is -0.492 e. The Morgan fingerprint density at radius 2 is 1.72 bits per heavy atom. The number of carbonyl (C=O) groups is 2. The number of amides is 1. The summed E-state index contributed by atoms with van der Waals surface area (Å²) in [5, 5.41) is 9.24. The molecule has 1 fully saturated rings. The summed E-state index contributed by atoms with van der Waals surface area (Å²) in [5.74, 6) is -2.23. The summed E-state index contributed by atoms with van der Waals surface area (Å²) in [6.07, 6.45) is 4.17. The van der Waals surface area contributed by atoms with Gasteiger partial charge in [-0.3, -0.25) is 0 Å². The van der Waals surface area contributed by atoms with Gasteiger partial charge in [0.25, 0.3) is 0 Å². The maximum atomic E-state index is 13.5. The van der Waals surface area contributed by atoms with Gasteiger partial charge in [0.2, 0.25) is 0 Å². The molecule has 1 aliphatic rings. The third kappa shape index (κ3) is 8.48. The maximum absolute atomic E-state index is 13.5. The molecule has 1 atom stereocenters. The molecule has 7 nitrogen and oxygen atoms in total. The lowest BCUT2D eigenvalue weighted by Gasteiger charge is -2.29. The molecule has 0 heterocycles. The van der Waals surface area contributed by atoms with Gasteiger partial charge < -0.3 is 24.2 Å². The highest BCUT2D eigenvalue weighted by Gasteiger charge is 2.23. The first-order valence-electron chi connectivity index (χ1n) is 12.3. The Labute approximate surface area is 210 Å². The molecule has 2 aromatic rings. The average Bonchev–Trinajstić information content (AvgIpc) is 2.87. The van der Waals surface area contributed by atoms with Crippen molar-refractivity contribution < 1.29 is 37.7 Å². The lowest BCUT2D eigenvalue weighted by atomic mass is 9.89. The summed E-state index contributed by atoms with van der Waals surface area (Å²) in [7, 11) is 0. The second kappa shape index (κ2) is 13.8. The van der Waals surface area contributed by atoms with Crippen molar-refractivity contribution in [3.8, 4) is 11.5 Å². The van der Waals surface area contributed by atoms with E-state index in [1.807, 2.05) is 0 Å². The van der Waals surface area contributed by atoms with E-state index in [1.165, 1.54) is 12.5 Å². The number of nitrogens with zero attached hydrogens (tertiary/aromatic N) is 1. The van der Waals surface area contributed by atoms with Crippen LogP contribution in [0.1, 0.15) is 44.6 Å². The van der Waals surface area contributed by atoms with E-state index in [1.54, 1.807) is 36.1 Å². The standard InChI is InChI=1S/C27H33F2NO6/c1-2-34-25(26(31)32)16-19-8-10-21(11-9-19)35-15-14-30(18-20-6-4-3-5-7-20)27(33)36-22-12-13-23(28)24(29)17-22/h8-13,17,20,25H,2-7,14-16,18H2,1H3,(H,31,32). The summed E-state index contributed by atoms with van der Waals surface area (Å²) in [6, 6.07) is 10.0. The van der Waals surface area contributed by atoms with Gasteiger partial charge in [0.05, 0.1) is 6.54 Å². The van der Waals surface area contributed by atoms with Crippen LogP contribution in [-0.2, 0) is 16.0 Å². The number of aliphatic carboxylic acids is 1. The summed E-state index contributed by atoms with van der Waals surface area (Å²) >= 11 is 0. The molecule has 1 unspecified atom stereocenters.